The van der Waals surface area contributed by atoms with Gasteiger partial charge >= 0.3 is 18.3 Å². The molecule has 1 aliphatic heterocycles. The van der Waals surface area contributed by atoms with Crippen molar-refractivity contribution in [3.63, 3.8) is 0 Å². The van der Waals surface area contributed by atoms with Crippen molar-refractivity contribution in [2.24, 2.45) is 10.1 Å². The maximum absolute atomic E-state index is 12.1. The molecule has 0 bridgehead atoms. The minimum atomic E-state index is -0.877. The first-order valence-electron chi connectivity index (χ1n) is 8.39. The van der Waals surface area contributed by atoms with Crippen LogP contribution in [0.5, 0.6) is 0 Å². The van der Waals surface area contributed by atoms with Gasteiger partial charge in [-0.1, -0.05) is 60.7 Å². The lowest BCUT2D eigenvalue weighted by atomic mass is 10.2. The van der Waals surface area contributed by atoms with E-state index in [1.165, 1.54) is 17.4 Å². The average Bonchev–Trinajstić information content (AvgIpc) is 3.27. The summed E-state index contributed by atoms with van der Waals surface area (Å²) in [6.07, 6.45) is 3.81. The molecule has 0 spiro atoms. The molecule has 3 rings (SSSR count). The Balaban J connectivity index is 1.59. The van der Waals surface area contributed by atoms with E-state index < -0.39 is 12.2 Å². The van der Waals surface area contributed by atoms with Crippen LogP contribution in [0.25, 0.3) is 0 Å². The average molecular weight is 377 g/mol. The number of hydrogen-bond acceptors (Lipinski definition) is 5. The van der Waals surface area contributed by atoms with Gasteiger partial charge in [-0.25, -0.2) is 9.59 Å². The fourth-order valence-corrected chi connectivity index (χ4v) is 2.17. The number of carbonyl (C=O) groups excluding carboxylic acids is 2. The third kappa shape index (κ3) is 5.76. The first kappa shape index (κ1) is 18.8. The normalized spacial score (nSPS) is 12.4. The van der Waals surface area contributed by atoms with Gasteiger partial charge in [0.1, 0.15) is 13.2 Å². The number of hydrazone groups is 1. The topological polar surface area (TPSA) is 92.6 Å². The molecular formula is C20H17N4O4+. The maximum atomic E-state index is 12.1. The quantitative estimate of drug-likeness (QED) is 0.502. The second kappa shape index (κ2) is 9.61. The van der Waals surface area contributed by atoms with Gasteiger partial charge in [0.25, 0.3) is 12.4 Å². The summed E-state index contributed by atoms with van der Waals surface area (Å²) in [5.41, 5.74) is 1.64. The van der Waals surface area contributed by atoms with E-state index in [9.17, 15) is 9.59 Å². The lowest BCUT2D eigenvalue weighted by molar-refractivity contribution is 0.143. The Kier molecular flexibility index (Phi) is 6.43. The second-order valence-corrected chi connectivity index (χ2v) is 5.55. The number of nitrogens with zero attached hydrogens (tertiary/aromatic N) is 3. The number of nitrogens with one attached hydrogen (secondary N) is 1. The third-order valence-corrected chi connectivity index (χ3v) is 3.50. The largest absolute Gasteiger partial charge is 0.444 e. The van der Waals surface area contributed by atoms with Gasteiger partial charge in [-0.2, -0.15) is 5.01 Å². The molecular weight excluding hydrogens is 360 g/mol. The third-order valence-electron chi connectivity index (χ3n) is 3.50. The maximum Gasteiger partial charge on any atom is 0.437 e. The number of amides is 2. The van der Waals surface area contributed by atoms with Gasteiger partial charge < -0.3 is 9.47 Å². The number of aliphatic imine (C=N–C) groups is 1. The van der Waals surface area contributed by atoms with Crippen LogP contribution in [-0.4, -0.2) is 29.4 Å². The van der Waals surface area contributed by atoms with E-state index in [1.54, 1.807) is 0 Å². The molecule has 28 heavy (non-hydrogen) atoms. The van der Waals surface area contributed by atoms with Crippen LogP contribution in [0, 0.1) is 6.08 Å². The summed E-state index contributed by atoms with van der Waals surface area (Å²) >= 11 is 0. The highest BCUT2D eigenvalue weighted by atomic mass is 16.6. The zero-order valence-corrected chi connectivity index (χ0v) is 14.8. The molecule has 8 heteroatoms. The van der Waals surface area contributed by atoms with Crippen molar-refractivity contribution in [3.8, 4) is 0 Å². The highest BCUT2D eigenvalue weighted by molar-refractivity contribution is 5.99. The van der Waals surface area contributed by atoms with Crippen LogP contribution in [0.2, 0.25) is 0 Å². The van der Waals surface area contributed by atoms with Crippen molar-refractivity contribution in [2.45, 2.75) is 13.2 Å². The van der Waals surface area contributed by atoms with Gasteiger partial charge in [-0.05, 0) is 11.1 Å². The minimum absolute atomic E-state index is 0.0557. The van der Waals surface area contributed by atoms with Crippen molar-refractivity contribution in [3.05, 3.63) is 84.1 Å². The van der Waals surface area contributed by atoms with E-state index in [0.29, 0.717) is 0 Å². The fraction of sp³-hybridized carbons (Fsp3) is 0.100. The smallest absolute Gasteiger partial charge is 0.437 e. The van der Waals surface area contributed by atoms with Gasteiger partial charge in [-0.15, -0.1) is 10.1 Å². The molecule has 0 aliphatic carbocycles. The zero-order valence-electron chi connectivity index (χ0n) is 14.8. The van der Waals surface area contributed by atoms with Crippen molar-refractivity contribution >= 4 is 24.4 Å². The summed E-state index contributed by atoms with van der Waals surface area (Å²) in [4.78, 5) is 27.8. The van der Waals surface area contributed by atoms with Gasteiger partial charge in [0.05, 0.1) is 0 Å². The van der Waals surface area contributed by atoms with Gasteiger partial charge in [0.2, 0.25) is 5.96 Å². The van der Waals surface area contributed by atoms with Crippen LogP contribution in [0.4, 0.5) is 9.59 Å². The minimum Gasteiger partial charge on any atom is -0.444 e. The SMILES string of the molecule is O=C(N=C(NC(=O)OCc1ccccc1)N1C=[C+]C=N1)OCc1ccccc1. The van der Waals surface area contributed by atoms with Crippen LogP contribution in [0.3, 0.4) is 0 Å². The Labute approximate surface area is 161 Å². The Morgan fingerprint density at radius 2 is 1.57 bits per heavy atom. The van der Waals surface area contributed by atoms with Crippen LogP contribution in [-0.2, 0) is 22.7 Å². The molecule has 1 aliphatic rings. The summed E-state index contributed by atoms with van der Waals surface area (Å²) < 4.78 is 10.2. The van der Waals surface area contributed by atoms with Crippen molar-refractivity contribution < 1.29 is 19.1 Å². The first-order valence-corrected chi connectivity index (χ1v) is 8.39. The molecule has 0 fully saturated rings. The van der Waals surface area contributed by atoms with E-state index in [4.69, 9.17) is 9.47 Å². The number of hydrogen-bond donors (Lipinski definition) is 1. The molecule has 2 aromatic carbocycles. The highest BCUT2D eigenvalue weighted by Crippen LogP contribution is 2.05. The fourth-order valence-electron chi connectivity index (χ4n) is 2.17. The van der Waals surface area contributed by atoms with Crippen LogP contribution in [0.1, 0.15) is 11.1 Å². The number of allylic oxidation sites excluding steroid dienone is 1. The van der Waals surface area contributed by atoms with E-state index >= 15 is 0 Å². The van der Waals surface area contributed by atoms with Crippen LogP contribution < -0.4 is 5.32 Å². The number of ether oxygens (including phenoxy) is 2. The Morgan fingerprint density at radius 3 is 2.14 bits per heavy atom. The Bertz CT molecular complexity index is 883. The molecule has 1 heterocycles. The summed E-state index contributed by atoms with van der Waals surface area (Å²) in [6.45, 7) is 0.129. The summed E-state index contributed by atoms with van der Waals surface area (Å²) in [5.74, 6) is -0.155. The lowest BCUT2D eigenvalue weighted by Crippen LogP contribution is -2.39. The Hall–Kier alpha value is -4.03. The van der Waals surface area contributed by atoms with Crippen LogP contribution >= 0.6 is 0 Å². The predicted octanol–water partition coefficient (Wildman–Crippen LogP) is 3.22. The number of alkyl carbamates (subject to hydrolysis) is 1. The van der Waals surface area contributed by atoms with E-state index in [0.717, 1.165) is 11.1 Å². The number of rotatable bonds is 4. The molecule has 8 nitrogen and oxygen atoms in total. The summed E-state index contributed by atoms with van der Waals surface area (Å²) in [6, 6.07) is 18.4. The first-order chi connectivity index (χ1) is 13.7. The Morgan fingerprint density at radius 1 is 0.964 bits per heavy atom. The summed E-state index contributed by atoms with van der Waals surface area (Å²) in [5, 5.41) is 7.47. The van der Waals surface area contributed by atoms with E-state index in [1.807, 2.05) is 60.7 Å². The number of carbonyl (C=O) groups is 2. The monoisotopic (exact) mass is 377 g/mol. The molecule has 2 amide bonds. The number of guanidine groups is 1. The van der Waals surface area contributed by atoms with Crippen molar-refractivity contribution in [1.29, 1.82) is 0 Å². The lowest BCUT2D eigenvalue weighted by Gasteiger charge is -2.12. The van der Waals surface area contributed by atoms with Crippen LogP contribution in [0.15, 0.2) is 77.0 Å². The molecule has 0 aromatic heterocycles. The highest BCUT2D eigenvalue weighted by Gasteiger charge is 2.21. The molecule has 0 saturated heterocycles. The summed E-state index contributed by atoms with van der Waals surface area (Å²) in [7, 11) is 0. The standard InChI is InChI=1S/C20H16N4O4/c25-19(27-14-16-8-3-1-4-9-16)22-18(24-13-7-12-21-24)23-20(26)28-15-17-10-5-2-6-11-17/h1-6,8-13H,14-15H2/p+1. The molecule has 0 saturated carbocycles. The molecule has 0 unspecified atom stereocenters. The molecule has 2 aromatic rings. The van der Waals surface area contributed by atoms with E-state index in [-0.39, 0.29) is 19.2 Å². The van der Waals surface area contributed by atoms with E-state index in [2.05, 4.69) is 21.5 Å². The van der Waals surface area contributed by atoms with Crippen molar-refractivity contribution in [1.82, 2.24) is 10.3 Å². The molecule has 0 atom stereocenters. The zero-order chi connectivity index (χ0) is 19.6. The molecule has 140 valence electrons. The van der Waals surface area contributed by atoms with Gasteiger partial charge in [0.15, 0.2) is 0 Å². The molecule has 1 N–H and O–H groups in total. The second-order valence-electron chi connectivity index (χ2n) is 5.55. The number of benzene rings is 2. The molecule has 0 radical (unpaired) electrons. The van der Waals surface area contributed by atoms with Crippen molar-refractivity contribution in [2.75, 3.05) is 0 Å². The predicted molar refractivity (Wildman–Crippen MR) is 102 cm³/mol. The van der Waals surface area contributed by atoms with Gasteiger partial charge in [0, 0.05) is 0 Å². The van der Waals surface area contributed by atoms with Gasteiger partial charge in [-0.3, -0.25) is 5.32 Å².